The fourth-order valence-corrected chi connectivity index (χ4v) is 5.99. The minimum absolute atomic E-state index is 0.154. The fraction of sp³-hybridized carbons (Fsp3) is 0.391. The van der Waals surface area contributed by atoms with Crippen LogP contribution < -0.4 is 4.74 Å². The number of nitrogens with zero attached hydrogens (tertiary/aromatic N) is 3. The molecular formula is C23H26ClN3O5S. The number of hydrogen-bond acceptors (Lipinski definition) is 5. The van der Waals surface area contributed by atoms with Gasteiger partial charge in [-0.3, -0.25) is 9.59 Å². The number of hydrogen-bond donors (Lipinski definition) is 0. The molecule has 2 heterocycles. The van der Waals surface area contributed by atoms with Gasteiger partial charge in [0.1, 0.15) is 11.8 Å². The minimum atomic E-state index is -3.60. The first kappa shape index (κ1) is 23.5. The summed E-state index contributed by atoms with van der Waals surface area (Å²) in [5.41, 5.74) is 0.323. The third kappa shape index (κ3) is 4.71. The average molecular weight is 492 g/mol. The highest BCUT2D eigenvalue weighted by molar-refractivity contribution is 7.89. The van der Waals surface area contributed by atoms with E-state index in [0.717, 1.165) is 0 Å². The lowest BCUT2D eigenvalue weighted by atomic mass is 10.1. The molecule has 1 atom stereocenters. The molecule has 2 aromatic rings. The van der Waals surface area contributed by atoms with Gasteiger partial charge in [-0.1, -0.05) is 29.8 Å². The van der Waals surface area contributed by atoms with Crippen LogP contribution in [0, 0.1) is 0 Å². The maximum atomic E-state index is 13.3. The normalized spacial score (nSPS) is 19.5. The van der Waals surface area contributed by atoms with Crippen molar-refractivity contribution in [1.29, 1.82) is 0 Å². The SMILES string of the molecule is COc1ccc(Cl)cc1C(=O)N1CCCC1C(=O)N1CCN(S(=O)(=O)c2ccccc2)CC1. The Bertz CT molecular complexity index is 1130. The third-order valence-corrected chi connectivity index (χ3v) is 8.27. The summed E-state index contributed by atoms with van der Waals surface area (Å²) in [5.74, 6) is -0.0451. The monoisotopic (exact) mass is 491 g/mol. The molecule has 4 rings (SSSR count). The lowest BCUT2D eigenvalue weighted by molar-refractivity contribution is -0.136. The summed E-state index contributed by atoms with van der Waals surface area (Å²) in [6.07, 6.45) is 1.28. The molecule has 8 nitrogen and oxygen atoms in total. The molecule has 2 fully saturated rings. The highest BCUT2D eigenvalue weighted by Gasteiger charge is 2.39. The molecule has 0 radical (unpaired) electrons. The van der Waals surface area contributed by atoms with E-state index in [2.05, 4.69) is 0 Å². The number of sulfonamides is 1. The number of carbonyl (C=O) groups is 2. The topological polar surface area (TPSA) is 87.2 Å². The fourth-order valence-electron chi connectivity index (χ4n) is 4.37. The first-order valence-electron chi connectivity index (χ1n) is 10.8. The number of amides is 2. The van der Waals surface area contributed by atoms with Gasteiger partial charge in [0.15, 0.2) is 0 Å². The van der Waals surface area contributed by atoms with Crippen LogP contribution >= 0.6 is 11.6 Å². The van der Waals surface area contributed by atoms with Crippen LogP contribution in [0.4, 0.5) is 0 Å². The van der Waals surface area contributed by atoms with E-state index < -0.39 is 16.1 Å². The summed E-state index contributed by atoms with van der Waals surface area (Å²) in [6.45, 7) is 1.46. The first-order valence-corrected chi connectivity index (χ1v) is 12.6. The Morgan fingerprint density at radius 2 is 1.70 bits per heavy atom. The van der Waals surface area contributed by atoms with Gasteiger partial charge in [0.05, 0.1) is 17.6 Å². The van der Waals surface area contributed by atoms with Crippen LogP contribution in [-0.2, 0) is 14.8 Å². The molecule has 0 N–H and O–H groups in total. The Balaban J connectivity index is 1.44. The molecule has 176 valence electrons. The standard InChI is InChI=1S/C23H26ClN3O5S/c1-32-21-10-9-17(24)16-19(21)22(28)27-11-5-8-20(27)23(29)25-12-14-26(15-13-25)33(30,31)18-6-3-2-4-7-18/h2-4,6-7,9-10,16,20H,5,8,11-15H2,1H3. The Morgan fingerprint density at radius 1 is 1.00 bits per heavy atom. The summed E-state index contributed by atoms with van der Waals surface area (Å²) in [5, 5.41) is 0.414. The van der Waals surface area contributed by atoms with E-state index in [1.807, 2.05) is 0 Å². The van der Waals surface area contributed by atoms with Crippen LogP contribution in [0.3, 0.4) is 0 Å². The number of methoxy groups -OCH3 is 1. The van der Waals surface area contributed by atoms with Crippen molar-refractivity contribution in [2.24, 2.45) is 0 Å². The number of likely N-dealkylation sites (tertiary alicyclic amines) is 1. The smallest absolute Gasteiger partial charge is 0.258 e. The maximum absolute atomic E-state index is 13.3. The number of benzene rings is 2. The number of halogens is 1. The highest BCUT2D eigenvalue weighted by atomic mass is 35.5. The summed E-state index contributed by atoms with van der Waals surface area (Å²) in [4.78, 5) is 30.0. The summed E-state index contributed by atoms with van der Waals surface area (Å²) >= 11 is 6.08. The molecule has 1 unspecified atom stereocenters. The molecule has 0 aliphatic carbocycles. The van der Waals surface area contributed by atoms with Crippen molar-refractivity contribution in [2.75, 3.05) is 39.8 Å². The van der Waals surface area contributed by atoms with Gasteiger partial charge >= 0.3 is 0 Å². The number of rotatable bonds is 5. The molecule has 10 heteroatoms. The largest absolute Gasteiger partial charge is 0.496 e. The van der Waals surface area contributed by atoms with Crippen LogP contribution in [0.1, 0.15) is 23.2 Å². The maximum Gasteiger partial charge on any atom is 0.258 e. The van der Waals surface area contributed by atoms with Gasteiger partial charge in [0, 0.05) is 37.7 Å². The number of piperazine rings is 1. The predicted molar refractivity (Wildman–Crippen MR) is 124 cm³/mol. The second-order valence-corrected chi connectivity index (χ2v) is 10.4. The van der Waals surface area contributed by atoms with E-state index in [9.17, 15) is 18.0 Å². The van der Waals surface area contributed by atoms with Crippen molar-refractivity contribution >= 4 is 33.4 Å². The lowest BCUT2D eigenvalue weighted by Gasteiger charge is -2.36. The van der Waals surface area contributed by atoms with Crippen LogP contribution in [-0.4, -0.2) is 80.2 Å². The van der Waals surface area contributed by atoms with Gasteiger partial charge < -0.3 is 14.5 Å². The second-order valence-electron chi connectivity index (χ2n) is 8.04. The molecule has 2 aromatic carbocycles. The lowest BCUT2D eigenvalue weighted by Crippen LogP contribution is -2.55. The molecule has 2 amide bonds. The zero-order valence-corrected chi connectivity index (χ0v) is 19.9. The quantitative estimate of drug-likeness (QED) is 0.641. The van der Waals surface area contributed by atoms with Crippen molar-refractivity contribution < 1.29 is 22.7 Å². The highest BCUT2D eigenvalue weighted by Crippen LogP contribution is 2.29. The van der Waals surface area contributed by atoms with E-state index in [1.165, 1.54) is 11.4 Å². The van der Waals surface area contributed by atoms with E-state index in [4.69, 9.17) is 16.3 Å². The molecule has 0 saturated carbocycles. The van der Waals surface area contributed by atoms with Crippen molar-refractivity contribution in [2.45, 2.75) is 23.8 Å². The van der Waals surface area contributed by atoms with Gasteiger partial charge in [-0.05, 0) is 43.2 Å². The molecule has 0 bridgehead atoms. The number of ether oxygens (including phenoxy) is 1. The third-order valence-electron chi connectivity index (χ3n) is 6.12. The van der Waals surface area contributed by atoms with Crippen molar-refractivity contribution in [3.8, 4) is 5.75 Å². The van der Waals surface area contributed by atoms with E-state index in [-0.39, 0.29) is 42.9 Å². The van der Waals surface area contributed by atoms with Gasteiger partial charge in [0.2, 0.25) is 15.9 Å². The zero-order chi connectivity index (χ0) is 23.6. The molecular weight excluding hydrogens is 466 g/mol. The Hall–Kier alpha value is -2.62. The predicted octanol–water partition coefficient (Wildman–Crippen LogP) is 2.49. The second kappa shape index (κ2) is 9.70. The molecule has 2 aliphatic heterocycles. The molecule has 0 aromatic heterocycles. The van der Waals surface area contributed by atoms with Crippen LogP contribution in [0.2, 0.25) is 5.02 Å². The summed E-state index contributed by atoms with van der Waals surface area (Å²) in [6, 6.07) is 12.5. The van der Waals surface area contributed by atoms with Gasteiger partial charge in [-0.2, -0.15) is 4.31 Å². The summed E-state index contributed by atoms with van der Waals surface area (Å²) < 4.78 is 32.4. The first-order chi connectivity index (χ1) is 15.8. The van der Waals surface area contributed by atoms with Crippen LogP contribution in [0.15, 0.2) is 53.4 Å². The molecule has 2 saturated heterocycles. The van der Waals surface area contributed by atoms with Gasteiger partial charge in [-0.15, -0.1) is 0 Å². The Kier molecular flexibility index (Phi) is 6.92. The molecule has 33 heavy (non-hydrogen) atoms. The summed E-state index contributed by atoms with van der Waals surface area (Å²) in [7, 11) is -2.12. The minimum Gasteiger partial charge on any atom is -0.496 e. The number of carbonyl (C=O) groups excluding carboxylic acids is 2. The van der Waals surface area contributed by atoms with Gasteiger partial charge in [-0.25, -0.2) is 8.42 Å². The molecule has 0 spiro atoms. The van der Waals surface area contributed by atoms with E-state index in [0.29, 0.717) is 35.7 Å². The van der Waals surface area contributed by atoms with Crippen molar-refractivity contribution in [3.63, 3.8) is 0 Å². The van der Waals surface area contributed by atoms with Crippen LogP contribution in [0.25, 0.3) is 0 Å². The van der Waals surface area contributed by atoms with Crippen LogP contribution in [0.5, 0.6) is 5.75 Å². The van der Waals surface area contributed by atoms with Gasteiger partial charge in [0.25, 0.3) is 5.91 Å². The van der Waals surface area contributed by atoms with E-state index in [1.54, 1.807) is 58.3 Å². The Morgan fingerprint density at radius 3 is 2.36 bits per heavy atom. The zero-order valence-electron chi connectivity index (χ0n) is 18.3. The van der Waals surface area contributed by atoms with Crippen molar-refractivity contribution in [1.82, 2.24) is 14.1 Å². The Labute approximate surface area is 198 Å². The van der Waals surface area contributed by atoms with E-state index >= 15 is 0 Å². The average Bonchev–Trinajstić information content (AvgIpc) is 3.33. The molecule has 2 aliphatic rings. The van der Waals surface area contributed by atoms with Crippen molar-refractivity contribution in [3.05, 3.63) is 59.1 Å².